The largest absolute Gasteiger partial charge is 0.321 e. The Morgan fingerprint density at radius 2 is 1.96 bits per heavy atom. The van der Waals surface area contributed by atoms with Gasteiger partial charge in [0.05, 0.1) is 0 Å². The quantitative estimate of drug-likeness (QED) is 0.917. The fourth-order valence-electron chi connectivity index (χ4n) is 3.05. The maximum Gasteiger partial charge on any atom is 0.321 e. The summed E-state index contributed by atoms with van der Waals surface area (Å²) in [5.74, 6) is 0. The SMILES string of the molecule is CC1CN(C(=O)Nc2cccc(Cl)c2)CC(C)N1CCN(C)C. The van der Waals surface area contributed by atoms with Gasteiger partial charge in [0.2, 0.25) is 0 Å². The minimum Gasteiger partial charge on any atom is -0.321 e. The zero-order valence-electron chi connectivity index (χ0n) is 14.4. The van der Waals surface area contributed by atoms with Gasteiger partial charge >= 0.3 is 6.03 Å². The molecule has 23 heavy (non-hydrogen) atoms. The van der Waals surface area contributed by atoms with Crippen LogP contribution < -0.4 is 5.32 Å². The third-order valence-electron chi connectivity index (χ3n) is 4.27. The Morgan fingerprint density at radius 1 is 1.30 bits per heavy atom. The van der Waals surface area contributed by atoms with Crippen molar-refractivity contribution in [3.63, 3.8) is 0 Å². The molecule has 1 heterocycles. The van der Waals surface area contributed by atoms with E-state index in [1.54, 1.807) is 12.1 Å². The first-order valence-corrected chi connectivity index (χ1v) is 8.46. The maximum absolute atomic E-state index is 12.5. The third kappa shape index (κ3) is 5.09. The Kier molecular flexibility index (Phi) is 6.27. The summed E-state index contributed by atoms with van der Waals surface area (Å²) in [6, 6.07) is 7.89. The summed E-state index contributed by atoms with van der Waals surface area (Å²) in [6.07, 6.45) is 0. The highest BCUT2D eigenvalue weighted by Crippen LogP contribution is 2.19. The lowest BCUT2D eigenvalue weighted by molar-refractivity contribution is 0.0540. The van der Waals surface area contributed by atoms with E-state index in [1.165, 1.54) is 0 Å². The fourth-order valence-corrected chi connectivity index (χ4v) is 3.24. The molecule has 2 atom stereocenters. The number of benzene rings is 1. The average molecular weight is 339 g/mol. The second kappa shape index (κ2) is 7.99. The van der Waals surface area contributed by atoms with Crippen LogP contribution in [0.2, 0.25) is 5.02 Å². The van der Waals surface area contributed by atoms with Crippen molar-refractivity contribution in [3.8, 4) is 0 Å². The van der Waals surface area contributed by atoms with Crippen molar-refractivity contribution in [2.24, 2.45) is 0 Å². The first-order chi connectivity index (χ1) is 10.9. The number of anilines is 1. The normalized spacial score (nSPS) is 22.4. The third-order valence-corrected chi connectivity index (χ3v) is 4.51. The topological polar surface area (TPSA) is 38.8 Å². The van der Waals surface area contributed by atoms with Gasteiger partial charge < -0.3 is 15.1 Å². The predicted octanol–water partition coefficient (Wildman–Crippen LogP) is 2.83. The number of rotatable bonds is 4. The standard InChI is InChI=1S/C17H27ClN4O/c1-13-11-21(12-14(2)22(13)9-8-20(3)4)17(23)19-16-7-5-6-15(18)10-16/h5-7,10,13-14H,8-9,11-12H2,1-4H3,(H,19,23). The van der Waals surface area contributed by atoms with E-state index in [0.29, 0.717) is 17.1 Å². The van der Waals surface area contributed by atoms with Crippen LogP contribution in [0.5, 0.6) is 0 Å². The molecule has 1 fully saturated rings. The Morgan fingerprint density at radius 3 is 2.52 bits per heavy atom. The molecule has 2 unspecified atom stereocenters. The summed E-state index contributed by atoms with van der Waals surface area (Å²) >= 11 is 5.96. The first kappa shape index (κ1) is 18.0. The van der Waals surface area contributed by atoms with Crippen LogP contribution in [0.15, 0.2) is 24.3 Å². The van der Waals surface area contributed by atoms with E-state index in [2.05, 4.69) is 43.1 Å². The maximum atomic E-state index is 12.5. The Labute approximate surface area is 144 Å². The summed E-state index contributed by atoms with van der Waals surface area (Å²) in [6.45, 7) is 7.91. The number of amides is 2. The van der Waals surface area contributed by atoms with Crippen LogP contribution in [0.25, 0.3) is 0 Å². The van der Waals surface area contributed by atoms with E-state index >= 15 is 0 Å². The highest BCUT2D eigenvalue weighted by molar-refractivity contribution is 6.30. The van der Waals surface area contributed by atoms with Crippen molar-refractivity contribution in [2.45, 2.75) is 25.9 Å². The molecular weight excluding hydrogens is 312 g/mol. The van der Waals surface area contributed by atoms with Crippen LogP contribution in [0.3, 0.4) is 0 Å². The zero-order valence-corrected chi connectivity index (χ0v) is 15.2. The van der Waals surface area contributed by atoms with Gasteiger partial charge in [0, 0.05) is 49.0 Å². The van der Waals surface area contributed by atoms with Gasteiger partial charge in [-0.15, -0.1) is 0 Å². The Hall–Kier alpha value is -1.30. The molecule has 0 aliphatic carbocycles. The molecule has 0 bridgehead atoms. The van der Waals surface area contributed by atoms with E-state index in [9.17, 15) is 4.79 Å². The van der Waals surface area contributed by atoms with Gasteiger partial charge in [-0.3, -0.25) is 4.90 Å². The lowest BCUT2D eigenvalue weighted by atomic mass is 10.1. The molecule has 1 aromatic rings. The molecule has 1 saturated heterocycles. The van der Waals surface area contributed by atoms with Gasteiger partial charge in [-0.1, -0.05) is 17.7 Å². The number of hydrogen-bond acceptors (Lipinski definition) is 3. The summed E-state index contributed by atoms with van der Waals surface area (Å²) < 4.78 is 0. The lowest BCUT2D eigenvalue weighted by Crippen LogP contribution is -2.59. The number of carbonyl (C=O) groups excluding carboxylic acids is 1. The minimum absolute atomic E-state index is 0.0572. The Balaban J connectivity index is 1.93. The highest BCUT2D eigenvalue weighted by Gasteiger charge is 2.31. The molecule has 0 aromatic heterocycles. The Bertz CT molecular complexity index is 525. The van der Waals surface area contributed by atoms with Crippen LogP contribution in [0, 0.1) is 0 Å². The summed E-state index contributed by atoms with van der Waals surface area (Å²) in [7, 11) is 4.17. The number of piperazine rings is 1. The second-order valence-corrected chi connectivity index (χ2v) is 7.02. The van der Waals surface area contributed by atoms with Crippen molar-refractivity contribution in [1.82, 2.24) is 14.7 Å². The van der Waals surface area contributed by atoms with Gasteiger partial charge in [0.1, 0.15) is 0 Å². The molecule has 1 N–H and O–H groups in total. The van der Waals surface area contributed by atoms with Crippen LogP contribution in [0.1, 0.15) is 13.8 Å². The van der Waals surface area contributed by atoms with Crippen LogP contribution in [-0.4, -0.2) is 73.1 Å². The molecule has 1 aromatic carbocycles. The molecular formula is C17H27ClN4O. The van der Waals surface area contributed by atoms with Crippen LogP contribution in [-0.2, 0) is 0 Å². The molecule has 0 saturated carbocycles. The first-order valence-electron chi connectivity index (χ1n) is 8.09. The van der Waals surface area contributed by atoms with Crippen LogP contribution >= 0.6 is 11.6 Å². The van der Waals surface area contributed by atoms with Crippen molar-refractivity contribution in [2.75, 3.05) is 45.6 Å². The minimum atomic E-state index is -0.0572. The average Bonchev–Trinajstić information content (AvgIpc) is 2.45. The molecule has 0 radical (unpaired) electrons. The number of halogens is 1. The van der Waals surface area contributed by atoms with E-state index in [0.717, 1.165) is 31.9 Å². The fraction of sp³-hybridized carbons (Fsp3) is 0.588. The molecule has 6 heteroatoms. The van der Waals surface area contributed by atoms with Crippen molar-refractivity contribution >= 4 is 23.3 Å². The van der Waals surface area contributed by atoms with Crippen molar-refractivity contribution in [1.29, 1.82) is 0 Å². The number of nitrogens with zero attached hydrogens (tertiary/aromatic N) is 3. The van der Waals surface area contributed by atoms with Gasteiger partial charge in [0.15, 0.2) is 0 Å². The molecule has 0 spiro atoms. The highest BCUT2D eigenvalue weighted by atomic mass is 35.5. The number of urea groups is 1. The molecule has 5 nitrogen and oxygen atoms in total. The predicted molar refractivity (Wildman–Crippen MR) is 96.2 cm³/mol. The van der Waals surface area contributed by atoms with Crippen molar-refractivity contribution < 1.29 is 4.79 Å². The van der Waals surface area contributed by atoms with E-state index in [4.69, 9.17) is 11.6 Å². The van der Waals surface area contributed by atoms with E-state index < -0.39 is 0 Å². The van der Waals surface area contributed by atoms with Crippen LogP contribution in [0.4, 0.5) is 10.5 Å². The molecule has 1 aliphatic heterocycles. The number of carbonyl (C=O) groups is 1. The summed E-state index contributed by atoms with van der Waals surface area (Å²) in [5, 5.41) is 3.56. The number of likely N-dealkylation sites (N-methyl/N-ethyl adjacent to an activating group) is 1. The molecule has 128 valence electrons. The van der Waals surface area contributed by atoms with Gasteiger partial charge in [-0.25, -0.2) is 4.79 Å². The molecule has 2 amide bonds. The zero-order chi connectivity index (χ0) is 17.0. The van der Waals surface area contributed by atoms with Gasteiger partial charge in [0.25, 0.3) is 0 Å². The smallest absolute Gasteiger partial charge is 0.321 e. The van der Waals surface area contributed by atoms with E-state index in [-0.39, 0.29) is 6.03 Å². The summed E-state index contributed by atoms with van der Waals surface area (Å²) in [5.41, 5.74) is 0.734. The number of nitrogens with one attached hydrogen (secondary N) is 1. The lowest BCUT2D eigenvalue weighted by Gasteiger charge is -2.44. The van der Waals surface area contributed by atoms with Gasteiger partial charge in [-0.05, 0) is 46.1 Å². The van der Waals surface area contributed by atoms with Crippen molar-refractivity contribution in [3.05, 3.63) is 29.3 Å². The molecule has 2 rings (SSSR count). The second-order valence-electron chi connectivity index (χ2n) is 6.58. The van der Waals surface area contributed by atoms with Gasteiger partial charge in [-0.2, -0.15) is 0 Å². The molecule has 1 aliphatic rings. The monoisotopic (exact) mass is 338 g/mol. The number of hydrogen-bond donors (Lipinski definition) is 1. The van der Waals surface area contributed by atoms with E-state index in [1.807, 2.05) is 17.0 Å². The summed E-state index contributed by atoms with van der Waals surface area (Å²) in [4.78, 5) is 19.0.